The minimum Gasteiger partial charge on any atom is -0.268 e. The molecule has 24 heavy (non-hydrogen) atoms. The van der Waals surface area contributed by atoms with Crippen molar-refractivity contribution in [2.75, 3.05) is 0 Å². The number of rotatable bonds is 5. The lowest BCUT2D eigenvalue weighted by atomic mass is 10.0. The lowest BCUT2D eigenvalue weighted by molar-refractivity contribution is -0.384. The van der Waals surface area contributed by atoms with Crippen LogP contribution in [-0.2, 0) is 0 Å². The number of nitrogens with zero attached hydrogens (tertiary/aromatic N) is 3. The Bertz CT molecular complexity index is 786. The van der Waals surface area contributed by atoms with Gasteiger partial charge in [-0.05, 0) is 17.5 Å². The van der Waals surface area contributed by atoms with Crippen LogP contribution in [-0.4, -0.2) is 27.7 Å². The quantitative estimate of drug-likeness (QED) is 0.476. The van der Waals surface area contributed by atoms with Crippen molar-refractivity contribution in [1.29, 1.82) is 0 Å². The first kappa shape index (κ1) is 15.0. The molecule has 1 unspecified atom stereocenters. The summed E-state index contributed by atoms with van der Waals surface area (Å²) in [7, 11) is 0. The van der Waals surface area contributed by atoms with Crippen molar-refractivity contribution >= 4 is 11.4 Å². The van der Waals surface area contributed by atoms with Gasteiger partial charge in [-0.3, -0.25) is 20.0 Å². The molecule has 2 aromatic carbocycles. The summed E-state index contributed by atoms with van der Waals surface area (Å²) in [5.74, 6) is 0. The third-order valence-electron chi connectivity index (χ3n) is 4.83. The summed E-state index contributed by atoms with van der Waals surface area (Å²) in [4.78, 5) is 17.8. The molecule has 122 valence electrons. The first-order valence-electron chi connectivity index (χ1n) is 8.35. The third kappa shape index (κ3) is 2.41. The van der Waals surface area contributed by atoms with Gasteiger partial charge >= 0.3 is 0 Å². The highest BCUT2D eigenvalue weighted by Crippen LogP contribution is 2.51. The maximum Gasteiger partial charge on any atom is 0.269 e. The zero-order chi connectivity index (χ0) is 16.7. The van der Waals surface area contributed by atoms with Crippen molar-refractivity contribution in [1.82, 2.24) is 4.90 Å². The first-order chi connectivity index (χ1) is 11.7. The Kier molecular flexibility index (Phi) is 3.65. The molecule has 4 rings (SSSR count). The zero-order valence-corrected chi connectivity index (χ0v) is 13.5. The predicted octanol–water partition coefficient (Wildman–Crippen LogP) is 3.95. The van der Waals surface area contributed by atoms with E-state index in [4.69, 9.17) is 4.99 Å². The highest BCUT2D eigenvalue weighted by atomic mass is 16.6. The maximum absolute atomic E-state index is 10.8. The standard InChI is InChI=1S/C19H19N3O2/c1-2-6-16-20-17(13-7-4-3-5-8-13)19-18(21(16)19)14-9-11-15(12-10-14)22(23)24/h3-5,7-12,16,18-19H,2,6H2,1H3/t16-,18+,19+,21?/m0/s1. The smallest absolute Gasteiger partial charge is 0.268 e. The minimum atomic E-state index is -0.353. The molecule has 0 amide bonds. The number of hydrogen-bond donors (Lipinski definition) is 0. The summed E-state index contributed by atoms with van der Waals surface area (Å²) in [6.07, 6.45) is 2.35. The van der Waals surface area contributed by atoms with E-state index in [1.54, 1.807) is 12.1 Å². The Morgan fingerprint density at radius 3 is 2.42 bits per heavy atom. The molecule has 0 saturated carbocycles. The molecular weight excluding hydrogens is 302 g/mol. The summed E-state index contributed by atoms with van der Waals surface area (Å²) in [5, 5.41) is 10.8. The van der Waals surface area contributed by atoms with Crippen LogP contribution >= 0.6 is 0 Å². The molecule has 4 atom stereocenters. The van der Waals surface area contributed by atoms with Crippen LogP contribution in [0.5, 0.6) is 0 Å². The molecule has 2 aromatic rings. The molecule has 0 spiro atoms. The summed E-state index contributed by atoms with van der Waals surface area (Å²) >= 11 is 0. The number of fused-ring (bicyclic) bond motifs is 1. The first-order valence-corrected chi connectivity index (χ1v) is 8.35. The van der Waals surface area contributed by atoms with Gasteiger partial charge in [-0.2, -0.15) is 0 Å². The number of non-ortho nitro benzene ring substituents is 1. The van der Waals surface area contributed by atoms with E-state index < -0.39 is 0 Å². The van der Waals surface area contributed by atoms with Crippen molar-refractivity contribution in [3.8, 4) is 0 Å². The van der Waals surface area contributed by atoms with E-state index in [2.05, 4.69) is 24.0 Å². The van der Waals surface area contributed by atoms with Crippen LogP contribution in [0.4, 0.5) is 5.69 Å². The molecule has 2 aliphatic rings. The molecule has 0 bridgehead atoms. The highest BCUT2D eigenvalue weighted by Gasteiger charge is 2.58. The van der Waals surface area contributed by atoms with E-state index in [9.17, 15) is 10.1 Å². The van der Waals surface area contributed by atoms with E-state index in [1.165, 1.54) is 5.56 Å². The van der Waals surface area contributed by atoms with Crippen LogP contribution < -0.4 is 0 Å². The van der Waals surface area contributed by atoms with Crippen molar-refractivity contribution in [3.05, 3.63) is 75.8 Å². The average Bonchev–Trinajstić information content (AvgIpc) is 3.24. The van der Waals surface area contributed by atoms with E-state index in [0.717, 1.165) is 24.1 Å². The molecular formula is C19H19N3O2. The predicted molar refractivity (Wildman–Crippen MR) is 93.1 cm³/mol. The van der Waals surface area contributed by atoms with Crippen LogP contribution in [0.15, 0.2) is 59.6 Å². The molecule has 5 nitrogen and oxygen atoms in total. The molecule has 1 saturated heterocycles. The molecule has 0 N–H and O–H groups in total. The second-order valence-electron chi connectivity index (χ2n) is 6.34. The lowest BCUT2D eigenvalue weighted by Gasteiger charge is -2.12. The fourth-order valence-corrected chi connectivity index (χ4v) is 3.69. The van der Waals surface area contributed by atoms with Crippen molar-refractivity contribution in [2.24, 2.45) is 4.99 Å². The summed E-state index contributed by atoms with van der Waals surface area (Å²) < 4.78 is 0. The molecule has 0 radical (unpaired) electrons. The summed E-state index contributed by atoms with van der Waals surface area (Å²) in [6.45, 7) is 2.18. The van der Waals surface area contributed by atoms with Gasteiger partial charge in [-0.1, -0.05) is 55.8 Å². The van der Waals surface area contributed by atoms with Crippen molar-refractivity contribution in [3.63, 3.8) is 0 Å². The Morgan fingerprint density at radius 2 is 1.79 bits per heavy atom. The van der Waals surface area contributed by atoms with Gasteiger partial charge in [0.2, 0.25) is 0 Å². The molecule has 0 aliphatic carbocycles. The van der Waals surface area contributed by atoms with E-state index in [-0.39, 0.29) is 22.8 Å². The second kappa shape index (κ2) is 5.83. The number of aliphatic imine (C=N–C) groups is 1. The average molecular weight is 321 g/mol. The largest absolute Gasteiger partial charge is 0.269 e. The highest BCUT2D eigenvalue weighted by molar-refractivity contribution is 6.08. The number of nitro benzene ring substituents is 1. The fraction of sp³-hybridized carbons (Fsp3) is 0.316. The molecule has 5 heteroatoms. The van der Waals surface area contributed by atoms with E-state index >= 15 is 0 Å². The molecule has 2 aliphatic heterocycles. The molecule has 0 aromatic heterocycles. The Labute approximate surface area is 140 Å². The molecule has 2 heterocycles. The monoisotopic (exact) mass is 321 g/mol. The number of hydrogen-bond acceptors (Lipinski definition) is 4. The van der Waals surface area contributed by atoms with Gasteiger partial charge in [0.05, 0.1) is 22.7 Å². The van der Waals surface area contributed by atoms with Crippen molar-refractivity contribution in [2.45, 2.75) is 38.0 Å². The van der Waals surface area contributed by atoms with Crippen LogP contribution in [0.2, 0.25) is 0 Å². The lowest BCUT2D eigenvalue weighted by Crippen LogP contribution is -2.14. The van der Waals surface area contributed by atoms with Gasteiger partial charge in [0.15, 0.2) is 0 Å². The topological polar surface area (TPSA) is 58.5 Å². The fourth-order valence-electron chi connectivity index (χ4n) is 3.69. The Morgan fingerprint density at radius 1 is 1.08 bits per heavy atom. The molecule has 1 fully saturated rings. The summed E-state index contributed by atoms with van der Waals surface area (Å²) in [5.41, 5.74) is 3.60. The SMILES string of the molecule is CCC[C@H]1N=C(c2ccccc2)[C@@H]2[C@@H](c3ccc([N+](=O)[O-])cc3)N21. The van der Waals surface area contributed by atoms with Crippen LogP contribution in [0, 0.1) is 10.1 Å². The van der Waals surface area contributed by atoms with Crippen LogP contribution in [0.25, 0.3) is 0 Å². The van der Waals surface area contributed by atoms with Gasteiger partial charge < -0.3 is 0 Å². The van der Waals surface area contributed by atoms with Gasteiger partial charge in [-0.15, -0.1) is 0 Å². The van der Waals surface area contributed by atoms with Crippen molar-refractivity contribution < 1.29 is 4.92 Å². The number of nitro groups is 1. The summed E-state index contributed by atoms with van der Waals surface area (Å²) in [6, 6.07) is 17.8. The third-order valence-corrected chi connectivity index (χ3v) is 4.83. The Hall–Kier alpha value is -2.53. The van der Waals surface area contributed by atoms with Crippen LogP contribution in [0.3, 0.4) is 0 Å². The van der Waals surface area contributed by atoms with Gasteiger partial charge in [0.1, 0.15) is 6.17 Å². The minimum absolute atomic E-state index is 0.140. The van der Waals surface area contributed by atoms with Crippen LogP contribution in [0.1, 0.15) is 36.9 Å². The van der Waals surface area contributed by atoms with E-state index in [0.29, 0.717) is 6.04 Å². The Balaban J connectivity index is 1.63. The second-order valence-corrected chi connectivity index (χ2v) is 6.34. The van der Waals surface area contributed by atoms with Gasteiger partial charge in [0, 0.05) is 12.1 Å². The maximum atomic E-state index is 10.8. The van der Waals surface area contributed by atoms with E-state index in [1.807, 2.05) is 30.3 Å². The van der Waals surface area contributed by atoms with Gasteiger partial charge in [-0.25, -0.2) is 0 Å². The number of benzene rings is 2. The van der Waals surface area contributed by atoms with Gasteiger partial charge in [0.25, 0.3) is 5.69 Å². The normalized spacial score (nSPS) is 27.5. The zero-order valence-electron chi connectivity index (χ0n) is 13.5.